The van der Waals surface area contributed by atoms with Crippen LogP contribution in [0.4, 0.5) is 17.3 Å². The molecule has 4 bridgehead atoms. The number of benzene rings is 1. The van der Waals surface area contributed by atoms with Crippen LogP contribution in [0.3, 0.4) is 0 Å². The fourth-order valence-electron chi connectivity index (χ4n) is 10.9. The van der Waals surface area contributed by atoms with Gasteiger partial charge in [-0.25, -0.2) is 14.6 Å². The monoisotopic (exact) mass is 794 g/mol. The van der Waals surface area contributed by atoms with Crippen LogP contribution in [0, 0.1) is 28.6 Å². The molecule has 2 N–H and O–H groups in total. The van der Waals surface area contributed by atoms with Gasteiger partial charge >= 0.3 is 0 Å². The predicted molar refractivity (Wildman–Crippen MR) is 234 cm³/mol. The average molecular weight is 795 g/mol. The van der Waals surface area contributed by atoms with Gasteiger partial charge in [-0.15, -0.1) is 5.10 Å². The largest absolute Gasteiger partial charge is 0.477 e. The minimum Gasteiger partial charge on any atom is -0.477 e. The van der Waals surface area contributed by atoms with Gasteiger partial charge in [-0.05, 0) is 134 Å². The van der Waals surface area contributed by atoms with Crippen molar-refractivity contribution in [2.75, 3.05) is 28.1 Å². The summed E-state index contributed by atoms with van der Waals surface area (Å²) in [6, 6.07) is 25.6. The van der Waals surface area contributed by atoms with Gasteiger partial charge in [0.25, 0.3) is 0 Å². The second-order valence-corrected chi connectivity index (χ2v) is 20.5. The maximum atomic E-state index is 6.36. The summed E-state index contributed by atoms with van der Waals surface area (Å²) in [5.74, 6) is 5.01. The molecule has 5 aliphatic rings. The van der Waals surface area contributed by atoms with E-state index in [1.807, 2.05) is 23.1 Å². The minimum atomic E-state index is -0.131. The molecule has 10 heteroatoms. The van der Waals surface area contributed by atoms with E-state index in [9.17, 15) is 0 Å². The van der Waals surface area contributed by atoms with Crippen LogP contribution >= 0.6 is 11.9 Å². The molecule has 3 unspecified atom stereocenters. The summed E-state index contributed by atoms with van der Waals surface area (Å²) in [6.45, 7) is 15.6. The lowest BCUT2D eigenvalue weighted by atomic mass is 9.82. The standard InChI is InChI=1S/C48H58N8OS/c1-31-25-37(36-28-35(15-22-49-36)45(2,3)4)50-40-13-10-14-42(51-40)58-54-38-27-33(26-32-11-8-7-9-12-32)43(52-44(38)55-30-34(31)29-46(55,5)6)56-23-16-41(53-56)57-24-17-39-47(18-19-47)48(39)20-21-48/h7-16,22-23,27-28,31,34,37,39,54H,17-21,24-26,29-30H2,1-6H3,(H,50,51). The smallest absolute Gasteiger partial charge is 0.233 e. The fourth-order valence-corrected chi connectivity index (χ4v) is 11.6. The molecule has 2 aliphatic heterocycles. The molecule has 0 amide bonds. The fraction of sp³-hybridized carbons (Fsp3) is 0.500. The molecule has 58 heavy (non-hydrogen) atoms. The molecule has 3 aliphatic carbocycles. The molecule has 5 aromatic rings. The molecular formula is C48H58N8OS. The van der Waals surface area contributed by atoms with E-state index in [1.165, 1.54) is 48.8 Å². The van der Waals surface area contributed by atoms with Crippen LogP contribution in [0.25, 0.3) is 5.82 Å². The maximum absolute atomic E-state index is 6.36. The van der Waals surface area contributed by atoms with Gasteiger partial charge < -0.3 is 19.7 Å². The Hall–Kier alpha value is -4.57. The molecule has 4 aromatic heterocycles. The van der Waals surface area contributed by atoms with Crippen molar-refractivity contribution < 1.29 is 4.74 Å². The first-order valence-electron chi connectivity index (χ1n) is 21.6. The van der Waals surface area contributed by atoms with Gasteiger partial charge in [-0.3, -0.25) is 4.98 Å². The number of pyridine rings is 3. The summed E-state index contributed by atoms with van der Waals surface area (Å²) in [6.07, 6.45) is 13.6. The Kier molecular flexibility index (Phi) is 9.11. The van der Waals surface area contributed by atoms with Gasteiger partial charge in [0.1, 0.15) is 10.8 Å². The van der Waals surface area contributed by atoms with Crippen LogP contribution in [0.2, 0.25) is 0 Å². The molecule has 3 saturated carbocycles. The van der Waals surface area contributed by atoms with E-state index >= 15 is 0 Å². The van der Waals surface area contributed by atoms with Crippen LogP contribution in [0.1, 0.15) is 115 Å². The quantitative estimate of drug-likeness (QED) is 0.149. The van der Waals surface area contributed by atoms with Crippen LogP contribution in [-0.2, 0) is 11.8 Å². The second kappa shape index (κ2) is 14.0. The van der Waals surface area contributed by atoms with E-state index in [0.29, 0.717) is 28.5 Å². The number of hydrogen-bond donors (Lipinski definition) is 2. The first-order valence-corrected chi connectivity index (χ1v) is 22.4. The van der Waals surface area contributed by atoms with E-state index in [4.69, 9.17) is 24.8 Å². The SMILES string of the molecule is CC1CC(c2cc(C(C)(C)C)ccn2)Nc2cccc(n2)SNc2cc(Cc3ccccc3)c(-n3ccc(OCCC4C5(CC5)C45CC5)n3)nc2N2CC1CC2(C)C. The van der Waals surface area contributed by atoms with Crippen LogP contribution in [0.15, 0.2) is 90.2 Å². The van der Waals surface area contributed by atoms with E-state index in [0.717, 1.165) is 84.2 Å². The summed E-state index contributed by atoms with van der Waals surface area (Å²) in [5.41, 5.74) is 6.94. The number of anilines is 3. The molecule has 6 heterocycles. The molecule has 3 atom stereocenters. The molecule has 1 aromatic carbocycles. The molecule has 10 rings (SSSR count). The first kappa shape index (κ1) is 37.7. The Morgan fingerprint density at radius 2 is 1.71 bits per heavy atom. The lowest BCUT2D eigenvalue weighted by molar-refractivity contribution is 0.283. The third kappa shape index (κ3) is 6.93. The van der Waals surface area contributed by atoms with E-state index in [2.05, 4.69) is 123 Å². The lowest BCUT2D eigenvalue weighted by Crippen LogP contribution is -2.39. The number of nitrogens with one attached hydrogen (secondary N) is 2. The highest BCUT2D eigenvalue weighted by Crippen LogP contribution is 2.93. The normalized spacial score (nSPS) is 23.8. The highest BCUT2D eigenvalue weighted by atomic mass is 32.2. The van der Waals surface area contributed by atoms with Crippen LogP contribution < -0.4 is 19.7 Å². The van der Waals surface area contributed by atoms with Crippen molar-refractivity contribution in [1.82, 2.24) is 24.7 Å². The topological polar surface area (TPSA) is 93.0 Å². The third-order valence-electron chi connectivity index (χ3n) is 14.4. The zero-order valence-corrected chi connectivity index (χ0v) is 35.8. The number of nitrogens with zero attached hydrogens (tertiary/aromatic N) is 6. The van der Waals surface area contributed by atoms with Gasteiger partial charge in [-0.1, -0.05) is 64.1 Å². The Labute approximate surface area is 348 Å². The van der Waals surface area contributed by atoms with Crippen molar-refractivity contribution in [2.24, 2.45) is 28.6 Å². The molecule has 9 nitrogen and oxygen atoms in total. The molecule has 0 radical (unpaired) electrons. The third-order valence-corrected chi connectivity index (χ3v) is 15.2. The Morgan fingerprint density at radius 1 is 0.914 bits per heavy atom. The molecule has 2 spiro atoms. The van der Waals surface area contributed by atoms with Crippen molar-refractivity contribution in [1.29, 1.82) is 0 Å². The van der Waals surface area contributed by atoms with E-state index in [-0.39, 0.29) is 17.0 Å². The molecule has 4 fully saturated rings. The van der Waals surface area contributed by atoms with Crippen molar-refractivity contribution in [3.05, 3.63) is 108 Å². The average Bonchev–Trinajstić information content (AvgIpc) is 4.16. The van der Waals surface area contributed by atoms with Gasteiger partial charge in [0.15, 0.2) is 11.6 Å². The summed E-state index contributed by atoms with van der Waals surface area (Å²) in [7, 11) is 0. The summed E-state index contributed by atoms with van der Waals surface area (Å²) >= 11 is 1.53. The zero-order valence-electron chi connectivity index (χ0n) is 35.0. The van der Waals surface area contributed by atoms with E-state index < -0.39 is 0 Å². The maximum Gasteiger partial charge on any atom is 0.233 e. The van der Waals surface area contributed by atoms with Crippen molar-refractivity contribution in [3.63, 3.8) is 0 Å². The van der Waals surface area contributed by atoms with Crippen molar-refractivity contribution >= 4 is 29.3 Å². The van der Waals surface area contributed by atoms with Gasteiger partial charge in [0.2, 0.25) is 5.88 Å². The Bertz CT molecular complexity index is 2290. The van der Waals surface area contributed by atoms with Crippen LogP contribution in [-0.4, -0.2) is 43.4 Å². The van der Waals surface area contributed by atoms with Crippen molar-refractivity contribution in [3.8, 4) is 11.7 Å². The predicted octanol–water partition coefficient (Wildman–Crippen LogP) is 10.8. The highest BCUT2D eigenvalue weighted by molar-refractivity contribution is 8.00. The molecule has 1 saturated heterocycles. The highest BCUT2D eigenvalue weighted by Gasteiger charge is 2.85. The first-order chi connectivity index (χ1) is 27.9. The number of rotatable bonds is 8. The summed E-state index contributed by atoms with van der Waals surface area (Å²) in [5, 5.41) is 9.74. The Morgan fingerprint density at radius 3 is 2.47 bits per heavy atom. The number of aromatic nitrogens is 5. The minimum absolute atomic E-state index is 0.0147. The zero-order chi connectivity index (χ0) is 39.9. The second-order valence-electron chi connectivity index (χ2n) is 19.7. The van der Waals surface area contributed by atoms with Gasteiger partial charge in [-0.2, -0.15) is 0 Å². The molecular weight excluding hydrogens is 737 g/mol. The number of hydrogen-bond acceptors (Lipinski definition) is 9. The van der Waals surface area contributed by atoms with E-state index in [1.54, 1.807) is 0 Å². The summed E-state index contributed by atoms with van der Waals surface area (Å²) < 4.78 is 12.1. The summed E-state index contributed by atoms with van der Waals surface area (Å²) in [4.78, 5) is 18.2. The number of fused-ring (bicyclic) bond motifs is 7. The van der Waals surface area contributed by atoms with Gasteiger partial charge in [0, 0.05) is 54.5 Å². The number of ether oxygens (including phenoxy) is 1. The van der Waals surface area contributed by atoms with Crippen molar-refractivity contribution in [2.45, 2.75) is 115 Å². The van der Waals surface area contributed by atoms with Crippen LogP contribution in [0.5, 0.6) is 5.88 Å². The lowest BCUT2D eigenvalue weighted by Gasteiger charge is -2.34. The Balaban J connectivity index is 0.998. The van der Waals surface area contributed by atoms with Gasteiger partial charge in [0.05, 0.1) is 24.0 Å². The molecule has 302 valence electrons.